The SMILES string of the molecule is Cc1noc2nc(-c3ccccc3)cc(C(=O)NCC(O)c3ccccc3C(F)(F)F)c12. The number of aliphatic hydroxyl groups excluding tert-OH is 1. The van der Waals surface area contributed by atoms with Crippen molar-refractivity contribution >= 4 is 17.0 Å². The Labute approximate surface area is 180 Å². The van der Waals surface area contributed by atoms with Crippen LogP contribution in [0.5, 0.6) is 0 Å². The molecule has 1 unspecified atom stereocenters. The summed E-state index contributed by atoms with van der Waals surface area (Å²) in [5.41, 5.74) is 0.765. The van der Waals surface area contributed by atoms with Crippen LogP contribution in [0.3, 0.4) is 0 Å². The number of pyridine rings is 1. The van der Waals surface area contributed by atoms with E-state index in [1.807, 2.05) is 30.3 Å². The molecule has 4 rings (SSSR count). The Hall–Kier alpha value is -3.72. The van der Waals surface area contributed by atoms with Crippen molar-refractivity contribution in [2.24, 2.45) is 0 Å². The van der Waals surface area contributed by atoms with Crippen LogP contribution in [0.15, 0.2) is 65.2 Å². The van der Waals surface area contributed by atoms with Gasteiger partial charge in [0.15, 0.2) is 0 Å². The number of aryl methyl sites for hydroxylation is 1. The zero-order valence-corrected chi connectivity index (χ0v) is 16.8. The molecule has 0 fully saturated rings. The topological polar surface area (TPSA) is 88.2 Å². The first-order chi connectivity index (χ1) is 15.3. The summed E-state index contributed by atoms with van der Waals surface area (Å²) in [7, 11) is 0. The number of hydrogen-bond acceptors (Lipinski definition) is 5. The number of rotatable bonds is 5. The van der Waals surface area contributed by atoms with E-state index in [-0.39, 0.29) is 16.8 Å². The van der Waals surface area contributed by atoms with Gasteiger partial charge in [-0.15, -0.1) is 0 Å². The van der Waals surface area contributed by atoms with Gasteiger partial charge in [-0.3, -0.25) is 4.79 Å². The zero-order valence-electron chi connectivity index (χ0n) is 16.8. The summed E-state index contributed by atoms with van der Waals surface area (Å²) in [6, 6.07) is 15.4. The fourth-order valence-corrected chi connectivity index (χ4v) is 3.47. The van der Waals surface area contributed by atoms with Crippen LogP contribution in [0.4, 0.5) is 13.2 Å². The Morgan fingerprint density at radius 1 is 1.12 bits per heavy atom. The van der Waals surface area contributed by atoms with Gasteiger partial charge in [0.25, 0.3) is 11.6 Å². The van der Waals surface area contributed by atoms with Crippen LogP contribution < -0.4 is 5.32 Å². The molecule has 2 aromatic carbocycles. The van der Waals surface area contributed by atoms with E-state index in [1.165, 1.54) is 18.2 Å². The Morgan fingerprint density at radius 2 is 1.81 bits per heavy atom. The van der Waals surface area contributed by atoms with E-state index in [0.29, 0.717) is 16.8 Å². The molecule has 0 aliphatic rings. The minimum atomic E-state index is -4.62. The van der Waals surface area contributed by atoms with Crippen LogP contribution >= 0.6 is 0 Å². The molecule has 0 aliphatic carbocycles. The molecule has 0 radical (unpaired) electrons. The average molecular weight is 441 g/mol. The van der Waals surface area contributed by atoms with Crippen LogP contribution in [0.1, 0.15) is 33.3 Å². The Bertz CT molecular complexity index is 1270. The van der Waals surface area contributed by atoms with Gasteiger partial charge in [0.05, 0.1) is 34.0 Å². The van der Waals surface area contributed by atoms with E-state index in [2.05, 4.69) is 15.5 Å². The lowest BCUT2D eigenvalue weighted by Gasteiger charge is -2.18. The van der Waals surface area contributed by atoms with Gasteiger partial charge >= 0.3 is 6.18 Å². The molecule has 9 heteroatoms. The van der Waals surface area contributed by atoms with E-state index < -0.39 is 30.3 Å². The number of aliphatic hydroxyl groups is 1. The number of benzene rings is 2. The first-order valence-corrected chi connectivity index (χ1v) is 9.70. The minimum Gasteiger partial charge on any atom is -0.387 e. The third kappa shape index (κ3) is 4.19. The molecule has 0 saturated heterocycles. The molecule has 164 valence electrons. The molecule has 6 nitrogen and oxygen atoms in total. The summed E-state index contributed by atoms with van der Waals surface area (Å²) in [4.78, 5) is 17.4. The monoisotopic (exact) mass is 441 g/mol. The molecule has 2 N–H and O–H groups in total. The fourth-order valence-electron chi connectivity index (χ4n) is 3.47. The number of carbonyl (C=O) groups is 1. The van der Waals surface area contributed by atoms with Gasteiger partial charge in [0.2, 0.25) is 0 Å². The minimum absolute atomic E-state index is 0.164. The molecule has 2 aromatic heterocycles. The summed E-state index contributed by atoms with van der Waals surface area (Å²) in [5.74, 6) is -0.593. The van der Waals surface area contributed by atoms with Gasteiger partial charge < -0.3 is 14.9 Å². The number of nitrogens with zero attached hydrogens (tertiary/aromatic N) is 2. The molecular formula is C23H18F3N3O3. The van der Waals surface area contributed by atoms with Crippen molar-refractivity contribution in [1.82, 2.24) is 15.5 Å². The van der Waals surface area contributed by atoms with Crippen LogP contribution in [0, 0.1) is 6.92 Å². The van der Waals surface area contributed by atoms with E-state index in [9.17, 15) is 23.1 Å². The average Bonchev–Trinajstić information content (AvgIpc) is 3.17. The summed E-state index contributed by atoms with van der Waals surface area (Å²) < 4.78 is 45.0. The van der Waals surface area contributed by atoms with E-state index >= 15 is 0 Å². The second-order valence-electron chi connectivity index (χ2n) is 7.18. The predicted octanol–water partition coefficient (Wildman–Crippen LogP) is 4.68. The third-order valence-corrected chi connectivity index (χ3v) is 5.01. The standard InChI is InChI=1S/C23H18F3N3O3/c1-13-20-16(11-18(28-22(20)32-29-13)14-7-3-2-4-8-14)21(31)27-12-19(30)15-9-5-6-10-17(15)23(24,25)26/h2-11,19,30H,12H2,1H3,(H,27,31). The number of alkyl halides is 3. The van der Waals surface area contributed by atoms with Crippen molar-refractivity contribution in [3.8, 4) is 11.3 Å². The maximum Gasteiger partial charge on any atom is 0.416 e. The first kappa shape index (κ1) is 21.5. The fraction of sp³-hybridized carbons (Fsp3) is 0.174. The molecular weight excluding hydrogens is 423 g/mol. The Morgan fingerprint density at radius 3 is 2.53 bits per heavy atom. The van der Waals surface area contributed by atoms with Crippen LogP contribution in [-0.2, 0) is 6.18 Å². The molecule has 2 heterocycles. The third-order valence-electron chi connectivity index (χ3n) is 5.01. The van der Waals surface area contributed by atoms with Gasteiger partial charge in [-0.25, -0.2) is 4.98 Å². The van der Waals surface area contributed by atoms with Gasteiger partial charge in [-0.2, -0.15) is 13.2 Å². The molecule has 1 atom stereocenters. The lowest BCUT2D eigenvalue weighted by molar-refractivity contribution is -0.139. The van der Waals surface area contributed by atoms with Crippen molar-refractivity contribution in [3.05, 3.63) is 83.0 Å². The highest BCUT2D eigenvalue weighted by Gasteiger charge is 2.34. The maximum atomic E-state index is 13.2. The molecule has 4 aromatic rings. The van der Waals surface area contributed by atoms with Crippen molar-refractivity contribution in [2.45, 2.75) is 19.2 Å². The lowest BCUT2D eigenvalue weighted by Crippen LogP contribution is -2.29. The van der Waals surface area contributed by atoms with Gasteiger partial charge in [-0.1, -0.05) is 53.7 Å². The zero-order chi connectivity index (χ0) is 22.9. The lowest BCUT2D eigenvalue weighted by atomic mass is 10.0. The second kappa shape index (κ2) is 8.43. The second-order valence-corrected chi connectivity index (χ2v) is 7.18. The first-order valence-electron chi connectivity index (χ1n) is 9.70. The van der Waals surface area contributed by atoms with Crippen LogP contribution in [-0.4, -0.2) is 27.7 Å². The summed E-state index contributed by atoms with van der Waals surface area (Å²) >= 11 is 0. The number of fused-ring (bicyclic) bond motifs is 1. The predicted molar refractivity (Wildman–Crippen MR) is 111 cm³/mol. The van der Waals surface area contributed by atoms with E-state index in [4.69, 9.17) is 4.52 Å². The number of amides is 1. The van der Waals surface area contributed by atoms with Crippen molar-refractivity contribution in [1.29, 1.82) is 0 Å². The quantitative estimate of drug-likeness (QED) is 0.470. The maximum absolute atomic E-state index is 13.2. The molecule has 0 saturated carbocycles. The van der Waals surface area contributed by atoms with E-state index in [0.717, 1.165) is 11.6 Å². The highest BCUT2D eigenvalue weighted by atomic mass is 19.4. The Balaban J connectivity index is 1.63. The highest BCUT2D eigenvalue weighted by Crippen LogP contribution is 2.34. The van der Waals surface area contributed by atoms with Crippen LogP contribution in [0.25, 0.3) is 22.4 Å². The van der Waals surface area contributed by atoms with Gasteiger partial charge in [-0.05, 0) is 24.6 Å². The van der Waals surface area contributed by atoms with Crippen molar-refractivity contribution < 1.29 is 27.6 Å². The smallest absolute Gasteiger partial charge is 0.387 e. The summed E-state index contributed by atoms with van der Waals surface area (Å²) in [6.07, 6.45) is -6.17. The normalized spacial score (nSPS) is 12.7. The summed E-state index contributed by atoms with van der Waals surface area (Å²) in [6.45, 7) is 1.24. The molecule has 1 amide bonds. The largest absolute Gasteiger partial charge is 0.416 e. The van der Waals surface area contributed by atoms with Crippen molar-refractivity contribution in [3.63, 3.8) is 0 Å². The van der Waals surface area contributed by atoms with Crippen LogP contribution in [0.2, 0.25) is 0 Å². The number of carbonyl (C=O) groups excluding carboxylic acids is 1. The number of nitrogens with one attached hydrogen (secondary N) is 1. The molecule has 32 heavy (non-hydrogen) atoms. The number of hydrogen-bond donors (Lipinski definition) is 2. The summed E-state index contributed by atoms with van der Waals surface area (Å²) in [5, 5.41) is 17.1. The molecule has 0 aliphatic heterocycles. The van der Waals surface area contributed by atoms with Gasteiger partial charge in [0.1, 0.15) is 0 Å². The van der Waals surface area contributed by atoms with Gasteiger partial charge in [0, 0.05) is 12.1 Å². The van der Waals surface area contributed by atoms with Crippen molar-refractivity contribution in [2.75, 3.05) is 6.54 Å². The number of halogens is 3. The molecule has 0 bridgehead atoms. The highest BCUT2D eigenvalue weighted by molar-refractivity contribution is 6.07. The Kier molecular flexibility index (Phi) is 5.67. The molecule has 0 spiro atoms. The number of aromatic nitrogens is 2. The van der Waals surface area contributed by atoms with E-state index in [1.54, 1.807) is 13.0 Å².